The largest absolute Gasteiger partial charge is 0.454 e. The van der Waals surface area contributed by atoms with Gasteiger partial charge in [0.05, 0.1) is 24.5 Å². The molecule has 0 saturated heterocycles. The van der Waals surface area contributed by atoms with Crippen LogP contribution in [0.5, 0.6) is 11.5 Å². The third kappa shape index (κ3) is 3.35. The number of nitrogens with two attached hydrogens (primary N) is 1. The predicted octanol–water partition coefficient (Wildman–Crippen LogP) is 2.93. The Kier molecular flexibility index (Phi) is 4.27. The first-order chi connectivity index (χ1) is 14.2. The van der Waals surface area contributed by atoms with Crippen molar-refractivity contribution in [3.63, 3.8) is 0 Å². The molecule has 2 aliphatic heterocycles. The van der Waals surface area contributed by atoms with Crippen LogP contribution in [0.15, 0.2) is 48.5 Å². The van der Waals surface area contributed by atoms with Crippen molar-refractivity contribution in [1.29, 1.82) is 0 Å². The number of aryl methyl sites for hydroxylation is 1. The van der Waals surface area contributed by atoms with Crippen LogP contribution in [-0.4, -0.2) is 27.6 Å². The van der Waals surface area contributed by atoms with E-state index < -0.39 is 0 Å². The van der Waals surface area contributed by atoms with Crippen molar-refractivity contribution in [2.75, 3.05) is 12.5 Å². The lowest BCUT2D eigenvalue weighted by molar-refractivity contribution is -0.131. The summed E-state index contributed by atoms with van der Waals surface area (Å²) >= 11 is 0. The Hall–Kier alpha value is -3.61. The van der Waals surface area contributed by atoms with Crippen LogP contribution >= 0.6 is 0 Å². The summed E-state index contributed by atoms with van der Waals surface area (Å²) < 4.78 is 10.7. The highest BCUT2D eigenvalue weighted by Crippen LogP contribution is 2.34. The molecule has 29 heavy (non-hydrogen) atoms. The highest BCUT2D eigenvalue weighted by molar-refractivity contribution is 5.78. The molecule has 7 nitrogen and oxygen atoms in total. The molecule has 146 valence electrons. The van der Waals surface area contributed by atoms with Crippen molar-refractivity contribution < 1.29 is 14.3 Å². The summed E-state index contributed by atoms with van der Waals surface area (Å²) in [7, 11) is 0. The lowest BCUT2D eigenvalue weighted by Crippen LogP contribution is -2.25. The Morgan fingerprint density at radius 2 is 1.86 bits per heavy atom. The molecule has 0 fully saturated rings. The Morgan fingerprint density at radius 1 is 1.03 bits per heavy atom. The van der Waals surface area contributed by atoms with Crippen LogP contribution in [0.1, 0.15) is 23.2 Å². The fraction of sp³-hybridized carbons (Fsp3) is 0.227. The minimum atomic E-state index is 0.0817. The zero-order valence-electron chi connectivity index (χ0n) is 15.8. The van der Waals surface area contributed by atoms with E-state index in [2.05, 4.69) is 9.97 Å². The third-order valence-corrected chi connectivity index (χ3v) is 5.26. The smallest absolute Gasteiger partial charge is 0.231 e. The fourth-order valence-corrected chi connectivity index (χ4v) is 3.79. The van der Waals surface area contributed by atoms with Gasteiger partial charge in [0.1, 0.15) is 0 Å². The predicted molar refractivity (Wildman–Crippen MR) is 107 cm³/mol. The molecule has 0 spiro atoms. The number of fused-ring (bicyclic) bond motifs is 2. The van der Waals surface area contributed by atoms with E-state index in [-0.39, 0.29) is 18.6 Å². The van der Waals surface area contributed by atoms with Crippen molar-refractivity contribution in [2.45, 2.75) is 25.9 Å². The van der Waals surface area contributed by atoms with Gasteiger partial charge in [0, 0.05) is 17.5 Å². The highest BCUT2D eigenvalue weighted by atomic mass is 16.7. The molecule has 0 bridgehead atoms. The number of carbonyl (C=O) groups excluding carboxylic acids is 1. The maximum atomic E-state index is 12.8. The number of carbonyl (C=O) groups is 1. The Morgan fingerprint density at radius 3 is 2.72 bits per heavy atom. The second kappa shape index (κ2) is 7.09. The summed E-state index contributed by atoms with van der Waals surface area (Å²) in [5.41, 5.74) is 10.6. The van der Waals surface area contributed by atoms with Crippen molar-refractivity contribution in [2.24, 2.45) is 0 Å². The lowest BCUT2D eigenvalue weighted by Gasteiger charge is -2.15. The van der Waals surface area contributed by atoms with Crippen LogP contribution in [0.2, 0.25) is 0 Å². The van der Waals surface area contributed by atoms with Gasteiger partial charge in [-0.15, -0.1) is 0 Å². The Bertz CT molecular complexity index is 1080. The van der Waals surface area contributed by atoms with E-state index in [4.69, 9.17) is 15.2 Å². The summed E-state index contributed by atoms with van der Waals surface area (Å²) in [6.07, 6.45) is 1.05. The van der Waals surface area contributed by atoms with E-state index in [1.54, 1.807) is 0 Å². The van der Waals surface area contributed by atoms with Crippen LogP contribution in [0, 0.1) is 0 Å². The summed E-state index contributed by atoms with van der Waals surface area (Å²) in [6, 6.07) is 15.7. The van der Waals surface area contributed by atoms with E-state index >= 15 is 0 Å². The van der Waals surface area contributed by atoms with Crippen LogP contribution in [-0.2, 0) is 24.3 Å². The molecule has 2 N–H and O–H groups in total. The monoisotopic (exact) mass is 388 g/mol. The van der Waals surface area contributed by atoms with Gasteiger partial charge >= 0.3 is 0 Å². The SMILES string of the molecule is Nc1nc2c(c(-c3ccccc3)n1)CN(C(=O)CCc1ccc3c(c1)OCO3)C2. The van der Waals surface area contributed by atoms with Gasteiger partial charge in [0.25, 0.3) is 0 Å². The molecule has 0 radical (unpaired) electrons. The number of aromatic nitrogens is 2. The molecule has 0 saturated carbocycles. The first-order valence-corrected chi connectivity index (χ1v) is 9.54. The highest BCUT2D eigenvalue weighted by Gasteiger charge is 2.28. The Labute approximate surface area is 168 Å². The molecule has 2 aliphatic rings. The molecule has 1 amide bonds. The number of rotatable bonds is 4. The van der Waals surface area contributed by atoms with Gasteiger partial charge in [0.2, 0.25) is 18.6 Å². The quantitative estimate of drug-likeness (QED) is 0.739. The van der Waals surface area contributed by atoms with Crippen molar-refractivity contribution in [3.05, 3.63) is 65.4 Å². The number of anilines is 1. The van der Waals surface area contributed by atoms with E-state index in [1.807, 2.05) is 53.4 Å². The van der Waals surface area contributed by atoms with E-state index in [9.17, 15) is 4.79 Å². The standard InChI is InChI=1S/C22H20N4O3/c23-22-24-17-12-26(11-16(17)21(25-22)15-4-2-1-3-5-15)20(27)9-7-14-6-8-18-19(10-14)29-13-28-18/h1-6,8,10H,7,9,11-13H2,(H2,23,24,25). The maximum Gasteiger partial charge on any atom is 0.231 e. The van der Waals surface area contributed by atoms with Gasteiger partial charge in [-0.25, -0.2) is 9.97 Å². The van der Waals surface area contributed by atoms with Gasteiger partial charge in [-0.05, 0) is 24.1 Å². The molecular formula is C22H20N4O3. The number of amides is 1. The minimum absolute atomic E-state index is 0.0817. The van der Waals surface area contributed by atoms with Crippen molar-refractivity contribution in [1.82, 2.24) is 14.9 Å². The fourth-order valence-electron chi connectivity index (χ4n) is 3.79. The molecule has 7 heteroatoms. The number of hydrogen-bond acceptors (Lipinski definition) is 6. The number of nitrogen functional groups attached to an aromatic ring is 1. The summed E-state index contributed by atoms with van der Waals surface area (Å²) in [6.45, 7) is 1.21. The number of ether oxygens (including phenoxy) is 2. The number of nitrogens with zero attached hydrogens (tertiary/aromatic N) is 3. The normalized spacial score (nSPS) is 14.1. The number of hydrogen-bond donors (Lipinski definition) is 1. The molecule has 2 aromatic carbocycles. The minimum Gasteiger partial charge on any atom is -0.454 e. The van der Waals surface area contributed by atoms with Gasteiger partial charge in [-0.2, -0.15) is 0 Å². The molecule has 5 rings (SSSR count). The summed E-state index contributed by atoms with van der Waals surface area (Å²) in [5.74, 6) is 1.80. The second-order valence-corrected chi connectivity index (χ2v) is 7.16. The molecule has 1 aromatic heterocycles. The van der Waals surface area contributed by atoms with Crippen molar-refractivity contribution >= 4 is 11.9 Å². The number of benzene rings is 2. The van der Waals surface area contributed by atoms with E-state index in [1.165, 1.54) is 0 Å². The Balaban J connectivity index is 1.31. The molecule has 0 atom stereocenters. The molecular weight excluding hydrogens is 368 g/mol. The first kappa shape index (κ1) is 17.5. The first-order valence-electron chi connectivity index (χ1n) is 9.54. The van der Waals surface area contributed by atoms with Crippen LogP contribution in [0.3, 0.4) is 0 Å². The van der Waals surface area contributed by atoms with Crippen LogP contribution < -0.4 is 15.2 Å². The van der Waals surface area contributed by atoms with E-state index in [0.29, 0.717) is 25.9 Å². The summed E-state index contributed by atoms with van der Waals surface area (Å²) in [4.78, 5) is 23.5. The van der Waals surface area contributed by atoms with Gasteiger partial charge < -0.3 is 20.1 Å². The maximum absolute atomic E-state index is 12.8. The van der Waals surface area contributed by atoms with Crippen LogP contribution in [0.25, 0.3) is 11.3 Å². The topological polar surface area (TPSA) is 90.6 Å². The average molecular weight is 388 g/mol. The zero-order chi connectivity index (χ0) is 19.8. The summed E-state index contributed by atoms with van der Waals surface area (Å²) in [5, 5.41) is 0. The zero-order valence-corrected chi connectivity index (χ0v) is 15.8. The van der Waals surface area contributed by atoms with E-state index in [0.717, 1.165) is 39.6 Å². The molecule has 0 aliphatic carbocycles. The molecule has 0 unspecified atom stereocenters. The second-order valence-electron chi connectivity index (χ2n) is 7.16. The third-order valence-electron chi connectivity index (χ3n) is 5.26. The van der Waals surface area contributed by atoms with Crippen molar-refractivity contribution in [3.8, 4) is 22.8 Å². The van der Waals surface area contributed by atoms with Gasteiger partial charge in [0.15, 0.2) is 11.5 Å². The molecule has 3 aromatic rings. The van der Waals surface area contributed by atoms with Gasteiger partial charge in [-0.3, -0.25) is 4.79 Å². The lowest BCUT2D eigenvalue weighted by atomic mass is 10.1. The molecule has 3 heterocycles. The van der Waals surface area contributed by atoms with Crippen LogP contribution in [0.4, 0.5) is 5.95 Å². The van der Waals surface area contributed by atoms with Gasteiger partial charge in [-0.1, -0.05) is 36.4 Å². The average Bonchev–Trinajstić information content (AvgIpc) is 3.38.